The van der Waals surface area contributed by atoms with E-state index in [0.717, 1.165) is 11.3 Å². The molecule has 0 aliphatic carbocycles. The summed E-state index contributed by atoms with van der Waals surface area (Å²) in [5.74, 6) is 0.999. The van der Waals surface area contributed by atoms with Gasteiger partial charge in [0.15, 0.2) is 11.5 Å². The normalized spacial score (nSPS) is 12.8. The van der Waals surface area contributed by atoms with Gasteiger partial charge in [0.25, 0.3) is 5.69 Å². The molecule has 23 heavy (non-hydrogen) atoms. The smallest absolute Gasteiger partial charge is 0.278 e. The lowest BCUT2D eigenvalue weighted by molar-refractivity contribution is -0.385. The second-order valence-electron chi connectivity index (χ2n) is 5.58. The fourth-order valence-corrected chi connectivity index (χ4v) is 2.63. The van der Waals surface area contributed by atoms with Crippen LogP contribution in [-0.2, 0) is 6.54 Å². The highest BCUT2D eigenvalue weighted by Gasteiger charge is 2.23. The number of hydrogen-bond donors (Lipinski definition) is 0. The number of nitro groups is 1. The molecular weight excluding hydrogens is 296 g/mol. The van der Waals surface area contributed by atoms with E-state index in [2.05, 4.69) is 0 Å². The first-order valence-corrected chi connectivity index (χ1v) is 7.39. The zero-order valence-corrected chi connectivity index (χ0v) is 13.1. The van der Waals surface area contributed by atoms with Gasteiger partial charge in [0.1, 0.15) is 13.2 Å². The maximum absolute atomic E-state index is 11.4. The first-order valence-electron chi connectivity index (χ1n) is 7.39. The van der Waals surface area contributed by atoms with Gasteiger partial charge in [-0.15, -0.1) is 0 Å². The molecule has 1 aliphatic heterocycles. The quantitative estimate of drug-likeness (QED) is 0.640. The van der Waals surface area contributed by atoms with Crippen LogP contribution in [0.25, 0.3) is 0 Å². The number of aryl methyl sites for hydroxylation is 1. The molecule has 3 rings (SSSR count). The number of nitrogens with zero attached hydrogens (tertiary/aromatic N) is 2. The van der Waals surface area contributed by atoms with Crippen LogP contribution < -0.4 is 14.4 Å². The molecule has 0 amide bonds. The summed E-state index contributed by atoms with van der Waals surface area (Å²) in [5.41, 5.74) is 2.80. The fraction of sp³-hybridized carbons (Fsp3) is 0.294. The summed E-state index contributed by atoms with van der Waals surface area (Å²) in [6, 6.07) is 11.2. The number of nitro benzene ring substituents is 1. The fourth-order valence-electron chi connectivity index (χ4n) is 2.63. The van der Waals surface area contributed by atoms with E-state index < -0.39 is 0 Å². The highest BCUT2D eigenvalue weighted by Crippen LogP contribution is 2.37. The van der Waals surface area contributed by atoms with E-state index in [0.29, 0.717) is 36.8 Å². The van der Waals surface area contributed by atoms with Crippen molar-refractivity contribution in [1.82, 2.24) is 0 Å². The molecule has 0 saturated heterocycles. The SMILES string of the molecule is Cc1cccc(N(C)Cc2cc3c(cc2[N+](=O)[O-])OCCO3)c1. The largest absolute Gasteiger partial charge is 0.486 e. The Morgan fingerprint density at radius 1 is 1.17 bits per heavy atom. The molecule has 120 valence electrons. The Labute approximate surface area is 134 Å². The van der Waals surface area contributed by atoms with Crippen molar-refractivity contribution < 1.29 is 14.4 Å². The maximum atomic E-state index is 11.4. The van der Waals surface area contributed by atoms with Gasteiger partial charge < -0.3 is 14.4 Å². The van der Waals surface area contributed by atoms with Gasteiger partial charge in [-0.3, -0.25) is 10.1 Å². The summed E-state index contributed by atoms with van der Waals surface area (Å²) < 4.78 is 11.0. The average Bonchev–Trinajstić information content (AvgIpc) is 2.54. The Kier molecular flexibility index (Phi) is 4.06. The Morgan fingerprint density at radius 3 is 2.52 bits per heavy atom. The Hall–Kier alpha value is -2.76. The van der Waals surface area contributed by atoms with Gasteiger partial charge in [0.2, 0.25) is 0 Å². The molecule has 0 radical (unpaired) electrons. The molecule has 2 aromatic rings. The van der Waals surface area contributed by atoms with Crippen LogP contribution in [0.1, 0.15) is 11.1 Å². The van der Waals surface area contributed by atoms with E-state index in [9.17, 15) is 10.1 Å². The molecule has 0 saturated carbocycles. The predicted molar refractivity (Wildman–Crippen MR) is 87.4 cm³/mol. The molecule has 6 nitrogen and oxygen atoms in total. The van der Waals surface area contributed by atoms with Gasteiger partial charge in [-0.25, -0.2) is 0 Å². The zero-order chi connectivity index (χ0) is 16.4. The summed E-state index contributed by atoms with van der Waals surface area (Å²) >= 11 is 0. The van der Waals surface area contributed by atoms with E-state index in [1.54, 1.807) is 6.07 Å². The first kappa shape index (κ1) is 15.1. The lowest BCUT2D eigenvalue weighted by atomic mass is 10.1. The van der Waals surface area contributed by atoms with Crippen molar-refractivity contribution in [2.75, 3.05) is 25.2 Å². The predicted octanol–water partition coefficient (Wildman–Crippen LogP) is 3.31. The minimum atomic E-state index is -0.377. The third kappa shape index (κ3) is 3.21. The summed E-state index contributed by atoms with van der Waals surface area (Å²) in [6.07, 6.45) is 0. The summed E-state index contributed by atoms with van der Waals surface area (Å²) in [4.78, 5) is 13.0. The molecule has 0 bridgehead atoms. The molecule has 0 fully saturated rings. The van der Waals surface area contributed by atoms with Crippen LogP contribution in [0, 0.1) is 17.0 Å². The number of ether oxygens (including phenoxy) is 2. The molecule has 0 N–H and O–H groups in total. The van der Waals surface area contributed by atoms with Crippen molar-refractivity contribution in [2.45, 2.75) is 13.5 Å². The molecule has 0 aromatic heterocycles. The van der Waals surface area contributed by atoms with Crippen LogP contribution in [0.15, 0.2) is 36.4 Å². The van der Waals surface area contributed by atoms with Crippen molar-refractivity contribution >= 4 is 11.4 Å². The first-order chi connectivity index (χ1) is 11.0. The molecule has 1 heterocycles. The average molecular weight is 314 g/mol. The van der Waals surface area contributed by atoms with Gasteiger partial charge in [0, 0.05) is 19.3 Å². The molecule has 0 unspecified atom stereocenters. The molecule has 2 aromatic carbocycles. The topological polar surface area (TPSA) is 64.8 Å². The van der Waals surface area contributed by atoms with Crippen LogP contribution in [0.2, 0.25) is 0 Å². The van der Waals surface area contributed by atoms with E-state index in [1.807, 2.05) is 43.1 Å². The zero-order valence-electron chi connectivity index (χ0n) is 13.1. The number of rotatable bonds is 4. The summed E-state index contributed by atoms with van der Waals surface area (Å²) in [7, 11) is 1.91. The molecular formula is C17H18N2O4. The highest BCUT2D eigenvalue weighted by atomic mass is 16.6. The van der Waals surface area contributed by atoms with E-state index in [-0.39, 0.29) is 10.6 Å². The van der Waals surface area contributed by atoms with Crippen LogP contribution in [0.5, 0.6) is 11.5 Å². The lowest BCUT2D eigenvalue weighted by Crippen LogP contribution is -2.19. The van der Waals surface area contributed by atoms with E-state index in [1.165, 1.54) is 6.07 Å². The van der Waals surface area contributed by atoms with Crippen molar-refractivity contribution in [3.05, 3.63) is 57.6 Å². The minimum Gasteiger partial charge on any atom is -0.486 e. The second kappa shape index (κ2) is 6.16. The van der Waals surface area contributed by atoms with Crippen LogP contribution in [-0.4, -0.2) is 25.2 Å². The lowest BCUT2D eigenvalue weighted by Gasteiger charge is -2.22. The monoisotopic (exact) mass is 314 g/mol. The van der Waals surface area contributed by atoms with Crippen molar-refractivity contribution in [3.63, 3.8) is 0 Å². The molecule has 1 aliphatic rings. The third-order valence-electron chi connectivity index (χ3n) is 3.79. The van der Waals surface area contributed by atoms with Crippen molar-refractivity contribution in [1.29, 1.82) is 0 Å². The Morgan fingerprint density at radius 2 is 1.87 bits per heavy atom. The van der Waals surface area contributed by atoms with Gasteiger partial charge in [-0.05, 0) is 30.7 Å². The second-order valence-corrected chi connectivity index (χ2v) is 5.58. The summed E-state index contributed by atoms with van der Waals surface area (Å²) in [5, 5.41) is 11.4. The Bertz CT molecular complexity index is 745. The van der Waals surface area contributed by atoms with Crippen LogP contribution in [0.3, 0.4) is 0 Å². The van der Waals surface area contributed by atoms with Crippen molar-refractivity contribution in [3.8, 4) is 11.5 Å². The van der Waals surface area contributed by atoms with Crippen LogP contribution >= 0.6 is 0 Å². The minimum absolute atomic E-state index is 0.0498. The van der Waals surface area contributed by atoms with Gasteiger partial charge in [-0.2, -0.15) is 0 Å². The Balaban J connectivity index is 1.93. The van der Waals surface area contributed by atoms with Gasteiger partial charge in [-0.1, -0.05) is 12.1 Å². The molecule has 0 spiro atoms. The standard InChI is InChI=1S/C17H18N2O4/c1-12-4-3-5-14(8-12)18(2)11-13-9-16-17(23-7-6-22-16)10-15(13)19(20)21/h3-5,8-10H,6-7,11H2,1-2H3. The number of hydrogen-bond acceptors (Lipinski definition) is 5. The third-order valence-corrected chi connectivity index (χ3v) is 3.79. The summed E-state index contributed by atoms with van der Waals surface area (Å²) in [6.45, 7) is 3.30. The van der Waals surface area contributed by atoms with E-state index >= 15 is 0 Å². The molecule has 0 atom stereocenters. The van der Waals surface area contributed by atoms with Gasteiger partial charge >= 0.3 is 0 Å². The van der Waals surface area contributed by atoms with Crippen molar-refractivity contribution in [2.24, 2.45) is 0 Å². The highest BCUT2D eigenvalue weighted by molar-refractivity contribution is 5.57. The number of fused-ring (bicyclic) bond motifs is 1. The van der Waals surface area contributed by atoms with Gasteiger partial charge in [0.05, 0.1) is 16.6 Å². The van der Waals surface area contributed by atoms with E-state index in [4.69, 9.17) is 9.47 Å². The van der Waals surface area contributed by atoms with Crippen LogP contribution in [0.4, 0.5) is 11.4 Å². The molecule has 6 heteroatoms. The maximum Gasteiger partial charge on any atom is 0.278 e. The number of benzene rings is 2. The number of anilines is 1.